The third-order valence-corrected chi connectivity index (χ3v) is 4.46. The molecule has 1 unspecified atom stereocenters. The number of halogens is 1. The first-order valence-electron chi connectivity index (χ1n) is 5.87. The van der Waals surface area contributed by atoms with E-state index in [0.717, 1.165) is 11.5 Å². The molecule has 0 heterocycles. The number of thioether (sulfide) groups is 1. The molecule has 0 aromatic heterocycles. The van der Waals surface area contributed by atoms with Gasteiger partial charge in [-0.1, -0.05) is 13.0 Å². The average molecular weight is 393 g/mol. The lowest BCUT2D eigenvalue weighted by molar-refractivity contribution is 0.0690. The van der Waals surface area contributed by atoms with E-state index in [1.54, 1.807) is 23.9 Å². The molecule has 0 aliphatic rings. The van der Waals surface area contributed by atoms with Gasteiger partial charge in [-0.15, -0.1) is 0 Å². The van der Waals surface area contributed by atoms with Crippen LogP contribution in [-0.2, 0) is 0 Å². The van der Waals surface area contributed by atoms with Gasteiger partial charge in [0.2, 0.25) is 0 Å². The average Bonchev–Trinajstić information content (AvgIpc) is 2.35. The Morgan fingerprint density at radius 2 is 2.16 bits per heavy atom. The monoisotopic (exact) mass is 393 g/mol. The predicted octanol–water partition coefficient (Wildman–Crippen LogP) is 2.86. The summed E-state index contributed by atoms with van der Waals surface area (Å²) in [6, 6.07) is 4.83. The summed E-state index contributed by atoms with van der Waals surface area (Å²) in [5, 5.41) is 12.0. The Labute approximate surface area is 130 Å². The molecular formula is C13H16INO3S. The van der Waals surface area contributed by atoms with Gasteiger partial charge < -0.3 is 10.4 Å². The van der Waals surface area contributed by atoms with Gasteiger partial charge in [0.25, 0.3) is 5.91 Å². The molecule has 1 atom stereocenters. The second-order valence-corrected chi connectivity index (χ2v) is 6.48. The summed E-state index contributed by atoms with van der Waals surface area (Å²) in [5.74, 6) is 0.392. The molecule has 0 bridgehead atoms. The Kier molecular flexibility index (Phi) is 6.64. The van der Waals surface area contributed by atoms with E-state index >= 15 is 0 Å². The maximum Gasteiger partial charge on any atom is 0.336 e. The molecule has 104 valence electrons. The van der Waals surface area contributed by atoms with Crippen molar-refractivity contribution in [3.8, 4) is 0 Å². The van der Waals surface area contributed by atoms with E-state index in [1.807, 2.05) is 29.5 Å². The zero-order valence-corrected chi connectivity index (χ0v) is 13.7. The van der Waals surface area contributed by atoms with Crippen LogP contribution in [0.4, 0.5) is 0 Å². The van der Waals surface area contributed by atoms with Gasteiger partial charge in [-0.05, 0) is 47.4 Å². The number of amides is 1. The van der Waals surface area contributed by atoms with Crippen LogP contribution in [0, 0.1) is 3.57 Å². The molecule has 1 aromatic carbocycles. The van der Waals surface area contributed by atoms with Crippen molar-refractivity contribution in [1.82, 2.24) is 5.32 Å². The Bertz CT molecular complexity index is 479. The number of rotatable bonds is 6. The number of nitrogens with one attached hydrogen (secondary N) is 1. The molecule has 1 amide bonds. The highest BCUT2D eigenvalue weighted by molar-refractivity contribution is 14.1. The largest absolute Gasteiger partial charge is 0.478 e. The van der Waals surface area contributed by atoms with Crippen LogP contribution in [0.1, 0.15) is 34.6 Å². The van der Waals surface area contributed by atoms with Gasteiger partial charge in [-0.2, -0.15) is 11.8 Å². The molecular weight excluding hydrogens is 377 g/mol. The van der Waals surface area contributed by atoms with Crippen molar-refractivity contribution in [1.29, 1.82) is 0 Å². The second kappa shape index (κ2) is 7.74. The summed E-state index contributed by atoms with van der Waals surface area (Å²) in [5.41, 5.74) is 0.281. The number of carboxylic acids is 1. The van der Waals surface area contributed by atoms with E-state index in [0.29, 0.717) is 3.57 Å². The lowest BCUT2D eigenvalue weighted by Crippen LogP contribution is -2.35. The highest BCUT2D eigenvalue weighted by Gasteiger charge is 2.20. The summed E-state index contributed by atoms with van der Waals surface area (Å²) < 4.78 is 0.644. The minimum Gasteiger partial charge on any atom is -0.478 e. The second-order valence-electron chi connectivity index (χ2n) is 4.00. The summed E-state index contributed by atoms with van der Waals surface area (Å²) >= 11 is 3.72. The van der Waals surface area contributed by atoms with Crippen LogP contribution in [0.3, 0.4) is 0 Å². The fraction of sp³-hybridized carbons (Fsp3) is 0.385. The maximum absolute atomic E-state index is 12.2. The molecule has 1 rings (SSSR count). The van der Waals surface area contributed by atoms with Crippen LogP contribution < -0.4 is 5.32 Å². The number of carboxylic acid groups (broad SMARTS) is 1. The van der Waals surface area contributed by atoms with Crippen LogP contribution >= 0.6 is 34.4 Å². The van der Waals surface area contributed by atoms with Gasteiger partial charge in [0.05, 0.1) is 11.1 Å². The number of benzene rings is 1. The Balaban J connectivity index is 2.90. The summed E-state index contributed by atoms with van der Waals surface area (Å²) in [6.07, 6.45) is 0. The van der Waals surface area contributed by atoms with E-state index in [1.165, 1.54) is 6.07 Å². The van der Waals surface area contributed by atoms with Crippen molar-refractivity contribution in [2.24, 2.45) is 0 Å². The van der Waals surface area contributed by atoms with E-state index in [2.05, 4.69) is 12.2 Å². The van der Waals surface area contributed by atoms with E-state index in [-0.39, 0.29) is 23.1 Å². The van der Waals surface area contributed by atoms with Crippen LogP contribution in [0.2, 0.25) is 0 Å². The minimum atomic E-state index is -1.08. The predicted molar refractivity (Wildman–Crippen MR) is 86.0 cm³/mol. The first-order chi connectivity index (χ1) is 8.97. The Hall–Kier alpha value is -0.760. The summed E-state index contributed by atoms with van der Waals surface area (Å²) in [6.45, 7) is 3.97. The minimum absolute atomic E-state index is 0.00935. The standard InChI is InChI=1S/C13H16INO3S/c1-3-19-7-8(2)15-12(16)11-9(13(17)18)5-4-6-10(11)14/h4-6,8H,3,7H2,1-2H3,(H,15,16)(H,17,18). The van der Waals surface area contributed by atoms with Crippen LogP contribution in [-0.4, -0.2) is 34.5 Å². The van der Waals surface area contributed by atoms with Gasteiger partial charge >= 0.3 is 5.97 Å². The van der Waals surface area contributed by atoms with Gasteiger partial charge in [0, 0.05) is 15.4 Å². The third kappa shape index (κ3) is 4.68. The van der Waals surface area contributed by atoms with Gasteiger partial charge in [0.1, 0.15) is 0 Å². The van der Waals surface area contributed by atoms with Crippen LogP contribution in [0.5, 0.6) is 0 Å². The van der Waals surface area contributed by atoms with Gasteiger partial charge in [0.15, 0.2) is 0 Å². The lowest BCUT2D eigenvalue weighted by atomic mass is 10.1. The maximum atomic E-state index is 12.2. The first kappa shape index (κ1) is 16.3. The summed E-state index contributed by atoms with van der Waals surface area (Å²) in [7, 11) is 0. The molecule has 19 heavy (non-hydrogen) atoms. The zero-order valence-electron chi connectivity index (χ0n) is 10.8. The van der Waals surface area contributed by atoms with Crippen molar-refractivity contribution in [2.75, 3.05) is 11.5 Å². The topological polar surface area (TPSA) is 66.4 Å². The fourth-order valence-electron chi connectivity index (χ4n) is 1.57. The van der Waals surface area contributed by atoms with Crippen LogP contribution in [0.25, 0.3) is 0 Å². The Morgan fingerprint density at radius 1 is 1.47 bits per heavy atom. The van der Waals surface area contributed by atoms with Crippen molar-refractivity contribution >= 4 is 46.2 Å². The zero-order chi connectivity index (χ0) is 14.4. The van der Waals surface area contributed by atoms with Crippen molar-refractivity contribution in [3.05, 3.63) is 32.9 Å². The van der Waals surface area contributed by atoms with E-state index in [9.17, 15) is 9.59 Å². The molecule has 0 saturated carbocycles. The van der Waals surface area contributed by atoms with Crippen LogP contribution in [0.15, 0.2) is 18.2 Å². The molecule has 0 radical (unpaired) electrons. The molecule has 4 nitrogen and oxygen atoms in total. The number of hydrogen-bond acceptors (Lipinski definition) is 3. The molecule has 2 N–H and O–H groups in total. The van der Waals surface area contributed by atoms with E-state index in [4.69, 9.17) is 5.11 Å². The quantitative estimate of drug-likeness (QED) is 0.730. The van der Waals surface area contributed by atoms with E-state index < -0.39 is 5.97 Å². The first-order valence-corrected chi connectivity index (χ1v) is 8.11. The number of aromatic carboxylic acids is 1. The molecule has 0 fully saturated rings. The molecule has 6 heteroatoms. The number of hydrogen-bond donors (Lipinski definition) is 2. The van der Waals surface area contributed by atoms with Gasteiger partial charge in [-0.3, -0.25) is 4.79 Å². The normalized spacial score (nSPS) is 11.9. The molecule has 0 spiro atoms. The molecule has 0 aliphatic carbocycles. The fourth-order valence-corrected chi connectivity index (χ4v) is 2.98. The molecule has 0 aliphatic heterocycles. The lowest BCUT2D eigenvalue weighted by Gasteiger charge is -2.15. The van der Waals surface area contributed by atoms with Crippen molar-refractivity contribution in [3.63, 3.8) is 0 Å². The summed E-state index contributed by atoms with van der Waals surface area (Å²) in [4.78, 5) is 23.3. The Morgan fingerprint density at radius 3 is 2.74 bits per heavy atom. The number of carbonyl (C=O) groups is 2. The smallest absolute Gasteiger partial charge is 0.336 e. The van der Waals surface area contributed by atoms with Crippen molar-refractivity contribution < 1.29 is 14.7 Å². The highest BCUT2D eigenvalue weighted by Crippen LogP contribution is 2.17. The SMILES string of the molecule is CCSCC(C)NC(=O)c1c(I)cccc1C(=O)O. The molecule has 1 aromatic rings. The van der Waals surface area contributed by atoms with Crippen molar-refractivity contribution in [2.45, 2.75) is 19.9 Å². The highest BCUT2D eigenvalue weighted by atomic mass is 127. The number of carbonyl (C=O) groups excluding carboxylic acids is 1. The third-order valence-electron chi connectivity index (χ3n) is 2.42. The molecule has 0 saturated heterocycles. The van der Waals surface area contributed by atoms with Gasteiger partial charge in [-0.25, -0.2) is 4.79 Å².